The number of aromatic amines is 1. The van der Waals surface area contributed by atoms with E-state index in [0.717, 1.165) is 4.57 Å². The van der Waals surface area contributed by atoms with Crippen LogP contribution in [0.15, 0.2) is 15.8 Å². The third-order valence-electron chi connectivity index (χ3n) is 4.11. The fraction of sp³-hybridized carbons (Fsp3) is 0.625. The van der Waals surface area contributed by atoms with Gasteiger partial charge in [0, 0.05) is 13.3 Å². The van der Waals surface area contributed by atoms with Crippen molar-refractivity contribution in [3.05, 3.63) is 32.9 Å². The Morgan fingerprint density at radius 1 is 1.48 bits per heavy atom. The number of carbonyl (C=O) groups is 2. The highest BCUT2D eigenvalue weighted by molar-refractivity contribution is 5.83. The number of aromatic nitrogens is 2. The Bertz CT molecular complexity index is 819. The van der Waals surface area contributed by atoms with Crippen LogP contribution in [0.3, 0.4) is 0 Å². The maximum absolute atomic E-state index is 13.4. The molecule has 0 saturated carbocycles. The normalized spacial score (nSPS) is 23.3. The standard InChI is InChI=1S/C16H22FN3O7/c1-7(2)13(18-8(3)21)15(24)26-6-11-10(22)4-12(27-11)20-5-9(17)14(23)19-16(20)25/h5,7,10-13,22H,4,6H2,1-3H3,(H,18,21)(H,19,23,25)/t10?,11-,12-,13-/m0/s1. The second-order valence-corrected chi connectivity index (χ2v) is 6.63. The lowest BCUT2D eigenvalue weighted by molar-refractivity contribution is -0.155. The molecule has 1 fully saturated rings. The van der Waals surface area contributed by atoms with Gasteiger partial charge >= 0.3 is 11.7 Å². The molecule has 0 aromatic carbocycles. The minimum absolute atomic E-state index is 0.0626. The Morgan fingerprint density at radius 2 is 2.15 bits per heavy atom. The van der Waals surface area contributed by atoms with E-state index >= 15 is 0 Å². The van der Waals surface area contributed by atoms with Crippen LogP contribution < -0.4 is 16.6 Å². The van der Waals surface area contributed by atoms with Gasteiger partial charge in [0.1, 0.15) is 25.0 Å². The number of hydrogen-bond donors (Lipinski definition) is 3. The highest BCUT2D eigenvalue weighted by Crippen LogP contribution is 2.27. The number of nitrogens with one attached hydrogen (secondary N) is 2. The summed E-state index contributed by atoms with van der Waals surface area (Å²) in [5.74, 6) is -2.46. The van der Waals surface area contributed by atoms with Crippen LogP contribution in [0.25, 0.3) is 0 Å². The molecule has 1 saturated heterocycles. The van der Waals surface area contributed by atoms with Crippen molar-refractivity contribution >= 4 is 11.9 Å². The first-order chi connectivity index (χ1) is 12.6. The molecule has 150 valence electrons. The molecule has 0 spiro atoms. The van der Waals surface area contributed by atoms with Gasteiger partial charge in [-0.15, -0.1) is 0 Å². The fourth-order valence-corrected chi connectivity index (χ4v) is 2.68. The molecule has 10 nitrogen and oxygen atoms in total. The van der Waals surface area contributed by atoms with Crippen LogP contribution in [0, 0.1) is 11.7 Å². The summed E-state index contributed by atoms with van der Waals surface area (Å²) in [6.45, 7) is 4.42. The smallest absolute Gasteiger partial charge is 0.330 e. The van der Waals surface area contributed by atoms with E-state index in [1.54, 1.807) is 18.8 Å². The van der Waals surface area contributed by atoms with E-state index in [1.807, 2.05) is 0 Å². The van der Waals surface area contributed by atoms with Crippen LogP contribution in [0.5, 0.6) is 0 Å². The summed E-state index contributed by atoms with van der Waals surface area (Å²) < 4.78 is 24.8. The first-order valence-corrected chi connectivity index (χ1v) is 8.38. The van der Waals surface area contributed by atoms with Crippen LogP contribution in [0.1, 0.15) is 33.4 Å². The SMILES string of the molecule is CC(=O)N[C@H](C(=O)OC[C@@H]1O[C@H](n2cc(F)c(=O)[nH]c2=O)CC1O)C(C)C. The largest absolute Gasteiger partial charge is 0.461 e. The van der Waals surface area contributed by atoms with Crippen molar-refractivity contribution in [3.8, 4) is 0 Å². The highest BCUT2D eigenvalue weighted by atomic mass is 19.1. The minimum Gasteiger partial charge on any atom is -0.461 e. The Kier molecular flexibility index (Phi) is 6.50. The predicted octanol–water partition coefficient (Wildman–Crippen LogP) is -0.972. The van der Waals surface area contributed by atoms with E-state index in [9.17, 15) is 28.7 Å². The molecule has 0 bridgehead atoms. The molecule has 1 aliphatic rings. The summed E-state index contributed by atoms with van der Waals surface area (Å²) in [6.07, 6.45) is -2.43. The monoisotopic (exact) mass is 387 g/mol. The second-order valence-electron chi connectivity index (χ2n) is 6.63. The number of carbonyl (C=O) groups excluding carboxylic acids is 2. The van der Waals surface area contributed by atoms with Crippen LogP contribution in [0.4, 0.5) is 4.39 Å². The summed E-state index contributed by atoms with van der Waals surface area (Å²) >= 11 is 0. The van der Waals surface area contributed by atoms with Crippen molar-refractivity contribution in [1.82, 2.24) is 14.9 Å². The van der Waals surface area contributed by atoms with Crippen molar-refractivity contribution in [3.63, 3.8) is 0 Å². The summed E-state index contributed by atoms with van der Waals surface area (Å²) in [7, 11) is 0. The van der Waals surface area contributed by atoms with Crippen molar-refractivity contribution in [2.24, 2.45) is 5.92 Å². The summed E-state index contributed by atoms with van der Waals surface area (Å²) in [6, 6.07) is -0.854. The third kappa shape index (κ3) is 5.01. The van der Waals surface area contributed by atoms with Crippen molar-refractivity contribution < 1.29 is 28.6 Å². The molecule has 27 heavy (non-hydrogen) atoms. The predicted molar refractivity (Wildman–Crippen MR) is 89.2 cm³/mol. The topological polar surface area (TPSA) is 140 Å². The van der Waals surface area contributed by atoms with E-state index < -0.39 is 47.5 Å². The number of halogens is 1. The average Bonchev–Trinajstić information content (AvgIpc) is 2.94. The Hall–Kier alpha value is -2.53. The Balaban J connectivity index is 2.02. The molecule has 0 aliphatic carbocycles. The molecule has 1 aliphatic heterocycles. The summed E-state index contributed by atoms with van der Waals surface area (Å²) in [4.78, 5) is 48.0. The molecule has 0 radical (unpaired) electrons. The van der Waals surface area contributed by atoms with E-state index in [4.69, 9.17) is 9.47 Å². The lowest BCUT2D eigenvalue weighted by Gasteiger charge is -2.22. The van der Waals surface area contributed by atoms with Gasteiger partial charge in [-0.3, -0.25) is 19.1 Å². The zero-order chi connectivity index (χ0) is 20.3. The maximum atomic E-state index is 13.4. The third-order valence-corrected chi connectivity index (χ3v) is 4.11. The molecule has 1 aromatic rings. The second kappa shape index (κ2) is 8.44. The van der Waals surface area contributed by atoms with Crippen LogP contribution in [0.2, 0.25) is 0 Å². The number of H-pyrrole nitrogens is 1. The number of rotatable bonds is 6. The van der Waals surface area contributed by atoms with E-state index in [2.05, 4.69) is 5.32 Å². The van der Waals surface area contributed by atoms with Gasteiger partial charge in [0.05, 0.1) is 12.3 Å². The van der Waals surface area contributed by atoms with Crippen LogP contribution >= 0.6 is 0 Å². The molecule has 4 atom stereocenters. The number of aliphatic hydroxyl groups excluding tert-OH is 1. The Morgan fingerprint density at radius 3 is 2.74 bits per heavy atom. The number of aliphatic hydroxyl groups is 1. The molecule has 1 unspecified atom stereocenters. The first kappa shape index (κ1) is 20.8. The minimum atomic E-state index is -1.17. The molecule has 2 rings (SSSR count). The molecular formula is C16H22FN3O7. The maximum Gasteiger partial charge on any atom is 0.330 e. The zero-order valence-electron chi connectivity index (χ0n) is 15.1. The van der Waals surface area contributed by atoms with Gasteiger partial charge in [-0.25, -0.2) is 9.59 Å². The molecule has 2 heterocycles. The van der Waals surface area contributed by atoms with Gasteiger partial charge < -0.3 is 19.9 Å². The number of nitrogens with zero attached hydrogens (tertiary/aromatic N) is 1. The van der Waals surface area contributed by atoms with Crippen molar-refractivity contribution in [1.29, 1.82) is 0 Å². The quantitative estimate of drug-likeness (QED) is 0.534. The lowest BCUT2D eigenvalue weighted by atomic mass is 10.0. The molecule has 1 amide bonds. The van der Waals surface area contributed by atoms with E-state index in [0.29, 0.717) is 6.20 Å². The van der Waals surface area contributed by atoms with E-state index in [1.165, 1.54) is 6.92 Å². The first-order valence-electron chi connectivity index (χ1n) is 8.38. The van der Waals surface area contributed by atoms with Gasteiger partial charge in [-0.2, -0.15) is 4.39 Å². The summed E-state index contributed by atoms with van der Waals surface area (Å²) in [5.41, 5.74) is -2.04. The molecule has 3 N–H and O–H groups in total. The van der Waals surface area contributed by atoms with E-state index in [-0.39, 0.29) is 24.9 Å². The molecule has 11 heteroatoms. The van der Waals surface area contributed by atoms with Crippen LogP contribution in [-0.4, -0.2) is 51.4 Å². The van der Waals surface area contributed by atoms with Crippen molar-refractivity contribution in [2.45, 2.75) is 51.7 Å². The number of amides is 1. The van der Waals surface area contributed by atoms with Crippen molar-refractivity contribution in [2.75, 3.05) is 6.61 Å². The van der Waals surface area contributed by atoms with Gasteiger partial charge in [0.25, 0.3) is 5.56 Å². The average molecular weight is 387 g/mol. The zero-order valence-corrected chi connectivity index (χ0v) is 15.1. The van der Waals surface area contributed by atoms with Gasteiger partial charge in [-0.05, 0) is 5.92 Å². The molecular weight excluding hydrogens is 365 g/mol. The number of ether oxygens (including phenoxy) is 2. The number of esters is 1. The van der Waals surface area contributed by atoms with Gasteiger partial charge in [-0.1, -0.05) is 13.8 Å². The van der Waals surface area contributed by atoms with Gasteiger partial charge in [0.15, 0.2) is 0 Å². The number of hydrogen-bond acceptors (Lipinski definition) is 7. The highest BCUT2D eigenvalue weighted by Gasteiger charge is 2.37. The van der Waals surface area contributed by atoms with Crippen LogP contribution in [-0.2, 0) is 19.1 Å². The molecule has 1 aromatic heterocycles. The van der Waals surface area contributed by atoms with Gasteiger partial charge in [0.2, 0.25) is 11.7 Å². The summed E-state index contributed by atoms with van der Waals surface area (Å²) in [5, 5.41) is 12.6. The Labute approximate surface area is 153 Å². The fourth-order valence-electron chi connectivity index (χ4n) is 2.68. The lowest BCUT2D eigenvalue weighted by Crippen LogP contribution is -2.45.